The van der Waals surface area contributed by atoms with Gasteiger partial charge in [0, 0.05) is 0 Å². The highest BCUT2D eigenvalue weighted by atomic mass is 32.2. The smallest absolute Gasteiger partial charge is 0.317 e. The number of aromatic amines is 1. The Balaban J connectivity index is 1.68. The zero-order valence-electron chi connectivity index (χ0n) is 12.0. The van der Waals surface area contributed by atoms with Crippen molar-refractivity contribution in [2.75, 3.05) is 11.1 Å². The van der Waals surface area contributed by atoms with Gasteiger partial charge in [-0.15, -0.1) is 0 Å². The van der Waals surface area contributed by atoms with E-state index in [-0.39, 0.29) is 17.4 Å². The van der Waals surface area contributed by atoms with Crippen molar-refractivity contribution in [3.05, 3.63) is 48.5 Å². The van der Waals surface area contributed by atoms with E-state index in [1.807, 2.05) is 35.9 Å². The summed E-state index contributed by atoms with van der Waals surface area (Å²) in [5.74, 6) is 0.164. The van der Waals surface area contributed by atoms with E-state index in [2.05, 4.69) is 10.3 Å². The van der Waals surface area contributed by atoms with Crippen LogP contribution in [0.4, 0.5) is 5.69 Å². The summed E-state index contributed by atoms with van der Waals surface area (Å²) in [7, 11) is 1.96. The maximum Gasteiger partial charge on any atom is 0.317 e. The van der Waals surface area contributed by atoms with Gasteiger partial charge in [0.05, 0.1) is 18.5 Å². The normalized spacial score (nSPS) is 10.8. The first kappa shape index (κ1) is 14.5. The second-order valence-electron chi connectivity index (χ2n) is 4.86. The lowest BCUT2D eigenvalue weighted by Crippen LogP contribution is -2.29. The number of nitrogens with zero attached hydrogens (tertiary/aromatic N) is 1. The molecule has 3 N–H and O–H groups in total. The highest BCUT2D eigenvalue weighted by molar-refractivity contribution is 7.99. The van der Waals surface area contributed by atoms with Crippen LogP contribution >= 0.6 is 11.8 Å². The van der Waals surface area contributed by atoms with E-state index in [9.17, 15) is 9.90 Å². The van der Waals surface area contributed by atoms with Gasteiger partial charge in [-0.2, -0.15) is 0 Å². The predicted octanol–water partition coefficient (Wildman–Crippen LogP) is 2.43. The maximum atomic E-state index is 12.0. The summed E-state index contributed by atoms with van der Waals surface area (Å²) in [6.07, 6.45) is 0. The maximum absolute atomic E-state index is 12.0. The van der Waals surface area contributed by atoms with Crippen molar-refractivity contribution in [2.45, 2.75) is 5.16 Å². The summed E-state index contributed by atoms with van der Waals surface area (Å²) in [6.45, 7) is 0. The quantitative estimate of drug-likeness (QED) is 0.393. The van der Waals surface area contributed by atoms with Gasteiger partial charge in [-0.1, -0.05) is 24.3 Å². The number of H-pyrrole nitrogens is 1. The molecule has 3 rings (SSSR count). The van der Waals surface area contributed by atoms with Crippen LogP contribution in [0.5, 0.6) is 5.75 Å². The van der Waals surface area contributed by atoms with Gasteiger partial charge >= 0.3 is 5.16 Å². The van der Waals surface area contributed by atoms with Crippen molar-refractivity contribution in [3.8, 4) is 5.75 Å². The average molecular weight is 314 g/mol. The zero-order valence-corrected chi connectivity index (χ0v) is 12.9. The first-order valence-corrected chi connectivity index (χ1v) is 7.81. The number of hydrogen-bond donors (Lipinski definition) is 3. The highest BCUT2D eigenvalue weighted by Crippen LogP contribution is 2.22. The molecular weight excluding hydrogens is 298 g/mol. The second-order valence-corrected chi connectivity index (χ2v) is 5.82. The van der Waals surface area contributed by atoms with Crippen molar-refractivity contribution in [2.24, 2.45) is 7.05 Å². The number of nitrogens with one attached hydrogen (secondary N) is 2. The number of thioether (sulfide) groups is 1. The van der Waals surface area contributed by atoms with Crippen LogP contribution in [0, 0.1) is 0 Å². The minimum absolute atomic E-state index is 0.0667. The van der Waals surface area contributed by atoms with Crippen LogP contribution in [0.25, 0.3) is 11.0 Å². The van der Waals surface area contributed by atoms with Crippen molar-refractivity contribution in [3.63, 3.8) is 0 Å². The van der Waals surface area contributed by atoms with Gasteiger partial charge in [0.2, 0.25) is 5.91 Å². The van der Waals surface area contributed by atoms with E-state index >= 15 is 0 Å². The average Bonchev–Trinajstić information content (AvgIpc) is 2.84. The number of phenols is 1. The summed E-state index contributed by atoms with van der Waals surface area (Å²) in [4.78, 5) is 15.3. The van der Waals surface area contributed by atoms with Gasteiger partial charge in [-0.25, -0.2) is 9.55 Å². The number of aryl methyl sites for hydroxylation is 1. The van der Waals surface area contributed by atoms with Crippen LogP contribution in [-0.4, -0.2) is 21.8 Å². The Hall–Kier alpha value is -2.47. The summed E-state index contributed by atoms with van der Waals surface area (Å²) >= 11 is 1.42. The lowest BCUT2D eigenvalue weighted by molar-refractivity contribution is -0.683. The summed E-state index contributed by atoms with van der Waals surface area (Å²) in [5.41, 5.74) is 2.55. The second kappa shape index (κ2) is 6.11. The Kier molecular flexibility index (Phi) is 4.02. The van der Waals surface area contributed by atoms with Crippen LogP contribution in [-0.2, 0) is 11.8 Å². The Labute approximate surface area is 132 Å². The molecule has 112 valence electrons. The topological polar surface area (TPSA) is 69.0 Å². The molecule has 1 amide bonds. The molecule has 0 bridgehead atoms. The Morgan fingerprint density at radius 2 is 1.95 bits per heavy atom. The SMILES string of the molecule is C[n+]1c(SCC(=O)Nc2ccccc2O)[nH]c2ccccc21. The third-order valence-electron chi connectivity index (χ3n) is 3.33. The Morgan fingerprint density at radius 1 is 1.23 bits per heavy atom. The van der Waals surface area contributed by atoms with E-state index in [0.717, 1.165) is 16.2 Å². The van der Waals surface area contributed by atoms with Gasteiger partial charge in [-0.3, -0.25) is 4.79 Å². The number of amides is 1. The van der Waals surface area contributed by atoms with Gasteiger partial charge in [0.25, 0.3) is 0 Å². The number of carbonyl (C=O) groups is 1. The highest BCUT2D eigenvalue weighted by Gasteiger charge is 2.17. The molecule has 0 aliphatic rings. The molecule has 0 spiro atoms. The molecule has 0 radical (unpaired) electrons. The zero-order chi connectivity index (χ0) is 15.5. The van der Waals surface area contributed by atoms with Crippen LogP contribution in [0.3, 0.4) is 0 Å². The molecule has 5 nitrogen and oxygen atoms in total. The first-order chi connectivity index (χ1) is 10.6. The van der Waals surface area contributed by atoms with Gasteiger partial charge in [0.15, 0.2) is 11.0 Å². The van der Waals surface area contributed by atoms with Crippen molar-refractivity contribution < 1.29 is 14.5 Å². The Bertz CT molecular complexity index is 829. The molecule has 0 saturated heterocycles. The van der Waals surface area contributed by atoms with E-state index in [1.165, 1.54) is 11.8 Å². The Morgan fingerprint density at radius 3 is 2.73 bits per heavy atom. The van der Waals surface area contributed by atoms with Crippen molar-refractivity contribution >= 4 is 34.4 Å². The number of fused-ring (bicyclic) bond motifs is 1. The molecular formula is C16H16N3O2S+. The van der Waals surface area contributed by atoms with Crippen LogP contribution in [0.15, 0.2) is 53.7 Å². The standard InChI is InChI=1S/C16H15N3O2S/c1-19-13-8-4-2-6-11(13)18-16(19)22-10-15(21)17-12-7-3-5-9-14(12)20/h2-9H,10H2,1H3,(H2,17,20,21)/p+1. The third kappa shape index (κ3) is 2.92. The number of rotatable bonds is 4. The number of para-hydroxylation sites is 4. The van der Waals surface area contributed by atoms with Crippen LogP contribution in [0.1, 0.15) is 0 Å². The fourth-order valence-electron chi connectivity index (χ4n) is 2.21. The molecule has 1 heterocycles. The molecule has 0 unspecified atom stereocenters. The minimum Gasteiger partial charge on any atom is -0.506 e. The molecule has 0 atom stereocenters. The molecule has 1 aromatic heterocycles. The van der Waals surface area contributed by atoms with E-state index in [0.29, 0.717) is 5.69 Å². The number of carbonyl (C=O) groups excluding carboxylic acids is 1. The summed E-state index contributed by atoms with van der Waals surface area (Å²) in [5, 5.41) is 13.3. The number of aromatic nitrogens is 2. The molecule has 0 aliphatic heterocycles. The van der Waals surface area contributed by atoms with Crippen molar-refractivity contribution in [1.29, 1.82) is 0 Å². The molecule has 2 aromatic carbocycles. The molecule has 0 aliphatic carbocycles. The van der Waals surface area contributed by atoms with E-state index < -0.39 is 0 Å². The van der Waals surface area contributed by atoms with Gasteiger partial charge < -0.3 is 10.4 Å². The number of benzene rings is 2. The molecule has 22 heavy (non-hydrogen) atoms. The summed E-state index contributed by atoms with van der Waals surface area (Å²) in [6, 6.07) is 14.7. The van der Waals surface area contributed by atoms with E-state index in [1.54, 1.807) is 24.3 Å². The first-order valence-electron chi connectivity index (χ1n) is 6.82. The number of aromatic hydroxyl groups is 1. The van der Waals surface area contributed by atoms with Gasteiger partial charge in [0.1, 0.15) is 5.75 Å². The summed E-state index contributed by atoms with van der Waals surface area (Å²) < 4.78 is 2.02. The molecule has 6 heteroatoms. The lowest BCUT2D eigenvalue weighted by Gasteiger charge is -2.05. The fraction of sp³-hybridized carbons (Fsp3) is 0.125. The number of hydrogen-bond acceptors (Lipinski definition) is 3. The van der Waals surface area contributed by atoms with Gasteiger partial charge in [-0.05, 0) is 36.0 Å². The minimum atomic E-state index is -0.162. The number of anilines is 1. The largest absolute Gasteiger partial charge is 0.506 e. The fourth-order valence-corrected chi connectivity index (χ4v) is 3.03. The third-order valence-corrected chi connectivity index (χ3v) is 4.39. The van der Waals surface area contributed by atoms with Crippen LogP contribution < -0.4 is 9.88 Å². The molecule has 3 aromatic rings. The predicted molar refractivity (Wildman–Crippen MR) is 86.9 cm³/mol. The monoisotopic (exact) mass is 314 g/mol. The number of phenolic OH excluding ortho intramolecular Hbond substituents is 1. The molecule has 0 saturated carbocycles. The lowest BCUT2D eigenvalue weighted by atomic mass is 10.3. The van der Waals surface area contributed by atoms with E-state index in [4.69, 9.17) is 0 Å². The van der Waals surface area contributed by atoms with Crippen LogP contribution in [0.2, 0.25) is 0 Å². The number of imidazole rings is 1. The molecule has 0 fully saturated rings. The van der Waals surface area contributed by atoms with Crippen molar-refractivity contribution in [1.82, 2.24) is 4.98 Å².